The fraction of sp³-hybridized carbons (Fsp3) is 0.300. The molecule has 1 aliphatic heterocycles. The first kappa shape index (κ1) is 19.0. The van der Waals surface area contributed by atoms with Crippen molar-refractivity contribution in [1.29, 1.82) is 0 Å². The molecule has 28 heavy (non-hydrogen) atoms. The van der Waals surface area contributed by atoms with E-state index in [0.717, 1.165) is 22.2 Å². The SMILES string of the molecule is C[C@@H]1CC[C@@H](Oc2cc(Br)ccn2)CN1C(=O)c1ccsc1-c1ncccn1. The fourth-order valence-electron chi connectivity index (χ4n) is 3.30. The number of rotatable bonds is 4. The van der Waals surface area contributed by atoms with Crippen LogP contribution in [0.3, 0.4) is 0 Å². The van der Waals surface area contributed by atoms with Crippen molar-refractivity contribution in [2.45, 2.75) is 31.9 Å². The molecule has 0 unspecified atom stereocenters. The Morgan fingerprint density at radius 2 is 2.04 bits per heavy atom. The van der Waals surface area contributed by atoms with Crippen molar-refractivity contribution in [3.63, 3.8) is 0 Å². The third kappa shape index (κ3) is 4.07. The lowest BCUT2D eigenvalue weighted by Gasteiger charge is -2.37. The molecule has 1 aliphatic rings. The Labute approximate surface area is 175 Å². The van der Waals surface area contributed by atoms with Crippen LogP contribution in [0, 0.1) is 0 Å². The molecule has 0 radical (unpaired) electrons. The fourth-order valence-corrected chi connectivity index (χ4v) is 4.44. The average molecular weight is 459 g/mol. The van der Waals surface area contributed by atoms with E-state index in [9.17, 15) is 4.79 Å². The van der Waals surface area contributed by atoms with Crippen molar-refractivity contribution < 1.29 is 9.53 Å². The van der Waals surface area contributed by atoms with E-state index in [1.807, 2.05) is 28.5 Å². The average Bonchev–Trinajstić information content (AvgIpc) is 3.19. The van der Waals surface area contributed by atoms with Crippen molar-refractivity contribution in [3.8, 4) is 16.6 Å². The minimum Gasteiger partial charge on any atom is -0.472 e. The van der Waals surface area contributed by atoms with Crippen LogP contribution in [-0.4, -0.2) is 44.4 Å². The Balaban J connectivity index is 1.53. The Hall–Kier alpha value is -2.32. The summed E-state index contributed by atoms with van der Waals surface area (Å²) in [6.07, 6.45) is 6.76. The van der Waals surface area contributed by atoms with Crippen LogP contribution in [-0.2, 0) is 0 Å². The van der Waals surface area contributed by atoms with E-state index < -0.39 is 0 Å². The monoisotopic (exact) mass is 458 g/mol. The first-order valence-corrected chi connectivity index (χ1v) is 10.7. The van der Waals surface area contributed by atoms with Crippen molar-refractivity contribution in [2.75, 3.05) is 6.54 Å². The molecular weight excluding hydrogens is 440 g/mol. The van der Waals surface area contributed by atoms with Gasteiger partial charge in [-0.25, -0.2) is 15.0 Å². The summed E-state index contributed by atoms with van der Waals surface area (Å²) in [5.74, 6) is 1.14. The number of amides is 1. The smallest absolute Gasteiger partial charge is 0.255 e. The van der Waals surface area contributed by atoms with Crippen LogP contribution in [0.2, 0.25) is 0 Å². The predicted molar refractivity (Wildman–Crippen MR) is 111 cm³/mol. The molecule has 0 bridgehead atoms. The van der Waals surface area contributed by atoms with Gasteiger partial charge in [0.2, 0.25) is 5.88 Å². The molecule has 1 amide bonds. The van der Waals surface area contributed by atoms with Gasteiger partial charge in [0.15, 0.2) is 5.82 Å². The Kier molecular flexibility index (Phi) is 5.68. The van der Waals surface area contributed by atoms with Crippen LogP contribution in [0.1, 0.15) is 30.1 Å². The van der Waals surface area contributed by atoms with E-state index in [-0.39, 0.29) is 18.1 Å². The van der Waals surface area contributed by atoms with E-state index >= 15 is 0 Å². The molecule has 0 N–H and O–H groups in total. The quantitative estimate of drug-likeness (QED) is 0.577. The normalized spacial score (nSPS) is 19.4. The van der Waals surface area contributed by atoms with Gasteiger partial charge in [-0.1, -0.05) is 15.9 Å². The maximum absolute atomic E-state index is 13.3. The molecule has 0 aromatic carbocycles. The van der Waals surface area contributed by atoms with Crippen LogP contribution in [0.15, 0.2) is 52.7 Å². The minimum atomic E-state index is -0.0861. The van der Waals surface area contributed by atoms with Gasteiger partial charge in [0, 0.05) is 35.2 Å². The van der Waals surface area contributed by atoms with Gasteiger partial charge in [0.05, 0.1) is 17.0 Å². The number of halogens is 1. The molecule has 0 saturated carbocycles. The number of likely N-dealkylation sites (tertiary alicyclic amines) is 1. The standard InChI is InChI=1S/C20H19BrN4O2S/c1-13-3-4-15(27-17-11-14(21)5-9-22-17)12-25(13)20(26)16-6-10-28-18(16)19-23-7-2-8-24-19/h2,5-11,13,15H,3-4,12H2,1H3/t13-,15-/m1/s1. The van der Waals surface area contributed by atoms with Gasteiger partial charge in [0.1, 0.15) is 6.10 Å². The van der Waals surface area contributed by atoms with E-state index in [4.69, 9.17) is 4.74 Å². The third-order valence-electron chi connectivity index (χ3n) is 4.75. The maximum Gasteiger partial charge on any atom is 0.255 e. The predicted octanol–water partition coefficient (Wildman–Crippen LogP) is 4.43. The molecule has 1 saturated heterocycles. The number of carbonyl (C=O) groups excluding carboxylic acids is 1. The van der Waals surface area contributed by atoms with Crippen LogP contribution in [0.5, 0.6) is 5.88 Å². The molecule has 2 atom stereocenters. The summed E-state index contributed by atoms with van der Waals surface area (Å²) in [7, 11) is 0. The summed E-state index contributed by atoms with van der Waals surface area (Å²) < 4.78 is 6.96. The van der Waals surface area contributed by atoms with E-state index in [2.05, 4.69) is 37.8 Å². The van der Waals surface area contributed by atoms with Gasteiger partial charge in [-0.3, -0.25) is 4.79 Å². The van der Waals surface area contributed by atoms with Crippen molar-refractivity contribution in [1.82, 2.24) is 19.9 Å². The molecule has 4 rings (SSSR count). The molecule has 8 heteroatoms. The largest absolute Gasteiger partial charge is 0.472 e. The number of piperidine rings is 1. The number of ether oxygens (including phenoxy) is 1. The topological polar surface area (TPSA) is 68.2 Å². The summed E-state index contributed by atoms with van der Waals surface area (Å²) in [6, 6.07) is 7.46. The minimum absolute atomic E-state index is 0.00768. The number of thiophene rings is 1. The maximum atomic E-state index is 13.3. The van der Waals surface area contributed by atoms with Crippen LogP contribution < -0.4 is 4.74 Å². The highest BCUT2D eigenvalue weighted by atomic mass is 79.9. The van der Waals surface area contributed by atoms with Crippen LogP contribution in [0.4, 0.5) is 0 Å². The molecule has 3 aromatic heterocycles. The Morgan fingerprint density at radius 1 is 1.21 bits per heavy atom. The number of aromatic nitrogens is 3. The van der Waals surface area contributed by atoms with Crippen LogP contribution in [0.25, 0.3) is 10.7 Å². The number of hydrogen-bond donors (Lipinski definition) is 0. The lowest BCUT2D eigenvalue weighted by molar-refractivity contribution is 0.0373. The first-order valence-electron chi connectivity index (χ1n) is 9.06. The second-order valence-electron chi connectivity index (χ2n) is 6.67. The van der Waals surface area contributed by atoms with E-state index in [1.165, 1.54) is 11.3 Å². The lowest BCUT2D eigenvalue weighted by Crippen LogP contribution is -2.49. The highest BCUT2D eigenvalue weighted by Crippen LogP contribution is 2.30. The molecule has 0 aliphatic carbocycles. The van der Waals surface area contributed by atoms with Gasteiger partial charge in [-0.2, -0.15) is 0 Å². The van der Waals surface area contributed by atoms with E-state index in [1.54, 1.807) is 24.7 Å². The van der Waals surface area contributed by atoms with Gasteiger partial charge in [-0.15, -0.1) is 11.3 Å². The Morgan fingerprint density at radius 3 is 2.82 bits per heavy atom. The molecule has 4 heterocycles. The molecule has 1 fully saturated rings. The van der Waals surface area contributed by atoms with Gasteiger partial charge < -0.3 is 9.64 Å². The van der Waals surface area contributed by atoms with Crippen molar-refractivity contribution in [2.24, 2.45) is 0 Å². The molecule has 6 nitrogen and oxygen atoms in total. The van der Waals surface area contributed by atoms with Gasteiger partial charge in [0.25, 0.3) is 5.91 Å². The van der Waals surface area contributed by atoms with Crippen LogP contribution >= 0.6 is 27.3 Å². The number of carbonyl (C=O) groups is 1. The zero-order valence-corrected chi connectivity index (χ0v) is 17.7. The number of pyridine rings is 1. The zero-order valence-electron chi connectivity index (χ0n) is 15.3. The van der Waals surface area contributed by atoms with Gasteiger partial charge >= 0.3 is 0 Å². The molecule has 0 spiro atoms. The highest BCUT2D eigenvalue weighted by molar-refractivity contribution is 9.10. The van der Waals surface area contributed by atoms with Crippen molar-refractivity contribution in [3.05, 3.63) is 58.3 Å². The summed E-state index contributed by atoms with van der Waals surface area (Å²) >= 11 is 4.91. The summed E-state index contributed by atoms with van der Waals surface area (Å²) in [4.78, 5) is 28.9. The number of hydrogen-bond acceptors (Lipinski definition) is 6. The number of nitrogens with zero attached hydrogens (tertiary/aromatic N) is 4. The molecule has 144 valence electrons. The summed E-state index contributed by atoms with van der Waals surface area (Å²) in [5.41, 5.74) is 0.643. The highest BCUT2D eigenvalue weighted by Gasteiger charge is 2.32. The molecule has 3 aromatic rings. The van der Waals surface area contributed by atoms with Crippen molar-refractivity contribution >= 4 is 33.2 Å². The summed E-state index contributed by atoms with van der Waals surface area (Å²) in [6.45, 7) is 2.61. The van der Waals surface area contributed by atoms with Gasteiger partial charge in [-0.05, 0) is 43.3 Å². The zero-order chi connectivity index (χ0) is 19.5. The Bertz CT molecular complexity index is 966. The first-order chi connectivity index (χ1) is 13.6. The lowest BCUT2D eigenvalue weighted by atomic mass is 10.00. The second kappa shape index (κ2) is 8.36. The van der Waals surface area contributed by atoms with E-state index in [0.29, 0.717) is 23.8 Å². The summed E-state index contributed by atoms with van der Waals surface area (Å²) in [5, 5.41) is 1.91. The second-order valence-corrected chi connectivity index (χ2v) is 8.50. The third-order valence-corrected chi connectivity index (χ3v) is 6.15. The molecular formula is C20H19BrN4O2S.